The van der Waals surface area contributed by atoms with Crippen LogP contribution in [0, 0.1) is 5.92 Å². The first-order valence-electron chi connectivity index (χ1n) is 10.0. The summed E-state index contributed by atoms with van der Waals surface area (Å²) in [4.78, 5) is 16.1. The molecule has 0 aromatic carbocycles. The third kappa shape index (κ3) is 8.73. The van der Waals surface area contributed by atoms with E-state index in [9.17, 15) is 26.4 Å². The van der Waals surface area contributed by atoms with Crippen LogP contribution in [0.3, 0.4) is 0 Å². The van der Waals surface area contributed by atoms with E-state index in [0.29, 0.717) is 61.6 Å². The maximum atomic E-state index is 12.6. The van der Waals surface area contributed by atoms with E-state index in [4.69, 9.17) is 0 Å². The van der Waals surface area contributed by atoms with Gasteiger partial charge in [0.05, 0.1) is 0 Å². The van der Waals surface area contributed by atoms with Gasteiger partial charge in [-0.2, -0.15) is 17.5 Å². The fourth-order valence-electron chi connectivity index (χ4n) is 3.02. The Morgan fingerprint density at radius 2 is 1.77 bits per heavy atom. The normalized spacial score (nSPS) is 19.1. The van der Waals surface area contributed by atoms with E-state index in [0.717, 1.165) is 12.8 Å². The lowest BCUT2D eigenvalue weighted by Crippen LogP contribution is -2.45. The molecule has 8 nitrogen and oxygen atoms in total. The standard InChI is InChI=1S/C17H30F3N5O3S.HI/c1-2-21-16(22-9-3-4-15(26)24-14-5-6-14)23-12-13-7-10-25(11-8-13)29(27,28)17(18,19)20;/h13-14H,2-12H2,1H3,(H,24,26)(H2,21,22,23);1H. The topological polar surface area (TPSA) is 103 Å². The first kappa shape index (κ1) is 27.2. The minimum Gasteiger partial charge on any atom is -0.357 e. The molecule has 0 aromatic rings. The molecule has 176 valence electrons. The van der Waals surface area contributed by atoms with Crippen molar-refractivity contribution in [1.29, 1.82) is 0 Å². The summed E-state index contributed by atoms with van der Waals surface area (Å²) in [6, 6.07) is 0.354. The largest absolute Gasteiger partial charge is 0.511 e. The van der Waals surface area contributed by atoms with Gasteiger partial charge in [-0.25, -0.2) is 8.42 Å². The molecule has 2 fully saturated rings. The third-order valence-corrected chi connectivity index (χ3v) is 6.50. The number of piperidine rings is 1. The first-order valence-corrected chi connectivity index (χ1v) is 11.5. The molecule has 1 saturated carbocycles. The zero-order valence-electron chi connectivity index (χ0n) is 17.0. The van der Waals surface area contributed by atoms with E-state index in [1.165, 1.54) is 0 Å². The number of hydrogen-bond acceptors (Lipinski definition) is 4. The average Bonchev–Trinajstić information content (AvgIpc) is 3.46. The van der Waals surface area contributed by atoms with E-state index in [2.05, 4.69) is 20.9 Å². The second kappa shape index (κ2) is 12.3. The Kier molecular flexibility index (Phi) is 11.1. The lowest BCUT2D eigenvalue weighted by atomic mass is 9.98. The maximum Gasteiger partial charge on any atom is 0.511 e. The number of sulfonamides is 1. The number of halogens is 4. The van der Waals surface area contributed by atoms with Crippen molar-refractivity contribution in [2.24, 2.45) is 10.9 Å². The number of nitrogens with one attached hydrogen (secondary N) is 3. The molecule has 0 unspecified atom stereocenters. The van der Waals surface area contributed by atoms with Crippen LogP contribution in [0.2, 0.25) is 0 Å². The van der Waals surface area contributed by atoms with Crippen LogP contribution < -0.4 is 16.0 Å². The van der Waals surface area contributed by atoms with Crippen molar-refractivity contribution >= 4 is 45.9 Å². The molecule has 2 rings (SSSR count). The van der Waals surface area contributed by atoms with E-state index in [-0.39, 0.29) is 48.9 Å². The Hall–Kier alpha value is -0.830. The molecule has 2 aliphatic rings. The summed E-state index contributed by atoms with van der Waals surface area (Å²) in [5.74, 6) is 0.659. The van der Waals surface area contributed by atoms with Crippen LogP contribution in [-0.4, -0.2) is 68.9 Å². The Bertz CT molecular complexity index is 679. The van der Waals surface area contributed by atoms with E-state index >= 15 is 0 Å². The van der Waals surface area contributed by atoms with Crippen LogP contribution in [0.4, 0.5) is 13.2 Å². The number of aliphatic imine (C=N–C) groups is 1. The molecule has 1 heterocycles. The Balaban J connectivity index is 0.00000450. The highest BCUT2D eigenvalue weighted by Crippen LogP contribution is 2.30. The Labute approximate surface area is 192 Å². The zero-order valence-corrected chi connectivity index (χ0v) is 20.1. The van der Waals surface area contributed by atoms with Gasteiger partial charge in [-0.15, -0.1) is 24.0 Å². The fourth-order valence-corrected chi connectivity index (χ4v) is 4.01. The van der Waals surface area contributed by atoms with E-state index in [1.54, 1.807) is 0 Å². The van der Waals surface area contributed by atoms with Gasteiger partial charge in [0.2, 0.25) is 5.91 Å². The highest BCUT2D eigenvalue weighted by Gasteiger charge is 2.50. The number of amides is 1. The Morgan fingerprint density at radius 1 is 1.13 bits per heavy atom. The van der Waals surface area contributed by atoms with Crippen molar-refractivity contribution in [3.63, 3.8) is 0 Å². The number of guanidine groups is 1. The third-order valence-electron chi connectivity index (χ3n) is 4.87. The summed E-state index contributed by atoms with van der Waals surface area (Å²) >= 11 is 0. The van der Waals surface area contributed by atoms with Crippen LogP contribution in [0.25, 0.3) is 0 Å². The molecule has 1 aliphatic carbocycles. The average molecular weight is 569 g/mol. The van der Waals surface area contributed by atoms with Gasteiger partial charge in [0.15, 0.2) is 5.96 Å². The number of nitrogens with zero attached hydrogens (tertiary/aromatic N) is 2. The number of carbonyl (C=O) groups excluding carboxylic acids is 1. The SMILES string of the molecule is CCNC(=NCC1CCN(S(=O)(=O)C(F)(F)F)CC1)NCCCC(=O)NC1CC1.I. The predicted molar refractivity (Wildman–Crippen MR) is 119 cm³/mol. The lowest BCUT2D eigenvalue weighted by molar-refractivity contribution is -0.121. The molecule has 3 N–H and O–H groups in total. The van der Waals surface area contributed by atoms with Crippen LogP contribution in [0.1, 0.15) is 45.4 Å². The predicted octanol–water partition coefficient (Wildman–Crippen LogP) is 1.78. The molecular weight excluding hydrogens is 538 g/mol. The molecule has 1 aliphatic heterocycles. The highest BCUT2D eigenvalue weighted by molar-refractivity contribution is 14.0. The summed E-state index contributed by atoms with van der Waals surface area (Å²) < 4.78 is 61.3. The van der Waals surface area contributed by atoms with Crippen LogP contribution in [0.15, 0.2) is 4.99 Å². The summed E-state index contributed by atoms with van der Waals surface area (Å²) in [5, 5.41) is 9.16. The van der Waals surface area contributed by atoms with Gasteiger partial charge >= 0.3 is 15.5 Å². The van der Waals surface area contributed by atoms with E-state index in [1.807, 2.05) is 6.92 Å². The number of hydrogen-bond donors (Lipinski definition) is 3. The zero-order chi connectivity index (χ0) is 21.5. The summed E-state index contributed by atoms with van der Waals surface area (Å²) in [6.45, 7) is 3.24. The monoisotopic (exact) mass is 569 g/mol. The fraction of sp³-hybridized carbons (Fsp3) is 0.882. The molecule has 1 amide bonds. The lowest BCUT2D eigenvalue weighted by Gasteiger charge is -2.30. The van der Waals surface area contributed by atoms with Gasteiger partial charge in [0.1, 0.15) is 0 Å². The highest BCUT2D eigenvalue weighted by atomic mass is 127. The van der Waals surface area contributed by atoms with Gasteiger partial charge < -0.3 is 16.0 Å². The minimum atomic E-state index is -5.25. The van der Waals surface area contributed by atoms with Crippen LogP contribution in [-0.2, 0) is 14.8 Å². The van der Waals surface area contributed by atoms with Gasteiger partial charge in [-0.3, -0.25) is 9.79 Å². The van der Waals surface area contributed by atoms with Crippen LogP contribution >= 0.6 is 24.0 Å². The number of rotatable bonds is 9. The molecule has 0 atom stereocenters. The summed E-state index contributed by atoms with van der Waals surface area (Å²) in [7, 11) is -5.25. The number of alkyl halides is 3. The van der Waals surface area contributed by atoms with Crippen molar-refractivity contribution < 1.29 is 26.4 Å². The molecule has 0 radical (unpaired) electrons. The van der Waals surface area contributed by atoms with Gasteiger partial charge in [-0.1, -0.05) is 0 Å². The molecule has 30 heavy (non-hydrogen) atoms. The van der Waals surface area contributed by atoms with Crippen molar-refractivity contribution in [3.05, 3.63) is 0 Å². The molecule has 0 aromatic heterocycles. The molecule has 13 heteroatoms. The maximum absolute atomic E-state index is 12.6. The molecular formula is C17H31F3IN5O3S. The minimum absolute atomic E-state index is 0. The van der Waals surface area contributed by atoms with Gasteiger partial charge in [0.25, 0.3) is 0 Å². The van der Waals surface area contributed by atoms with Crippen molar-refractivity contribution in [1.82, 2.24) is 20.3 Å². The van der Waals surface area contributed by atoms with Crippen molar-refractivity contribution in [2.45, 2.75) is 57.0 Å². The van der Waals surface area contributed by atoms with E-state index < -0.39 is 15.5 Å². The summed E-state index contributed by atoms with van der Waals surface area (Å²) in [6.07, 6.45) is 3.88. The van der Waals surface area contributed by atoms with Crippen molar-refractivity contribution in [2.75, 3.05) is 32.7 Å². The molecule has 0 spiro atoms. The van der Waals surface area contributed by atoms with Gasteiger partial charge in [0, 0.05) is 45.2 Å². The quantitative estimate of drug-likeness (QED) is 0.170. The Morgan fingerprint density at radius 3 is 2.30 bits per heavy atom. The molecule has 1 saturated heterocycles. The second-order valence-corrected chi connectivity index (χ2v) is 9.31. The van der Waals surface area contributed by atoms with Crippen molar-refractivity contribution in [3.8, 4) is 0 Å². The van der Waals surface area contributed by atoms with Gasteiger partial charge in [-0.05, 0) is 44.9 Å². The number of carbonyl (C=O) groups is 1. The van der Waals surface area contributed by atoms with Crippen LogP contribution in [0.5, 0.6) is 0 Å². The second-order valence-electron chi connectivity index (χ2n) is 7.38. The first-order chi connectivity index (χ1) is 13.6. The summed E-state index contributed by atoms with van der Waals surface area (Å²) in [5.41, 5.74) is -5.25. The smallest absolute Gasteiger partial charge is 0.357 e. The molecule has 0 bridgehead atoms.